The van der Waals surface area contributed by atoms with Crippen LogP contribution in [0.3, 0.4) is 0 Å². The average Bonchev–Trinajstić information content (AvgIpc) is 3.25. The number of methoxy groups -OCH3 is 1. The van der Waals surface area contributed by atoms with Crippen LogP contribution >= 0.6 is 11.6 Å². The van der Waals surface area contributed by atoms with E-state index in [4.69, 9.17) is 25.5 Å². The van der Waals surface area contributed by atoms with Gasteiger partial charge in [0, 0.05) is 18.0 Å². The molecule has 0 N–H and O–H groups in total. The summed E-state index contributed by atoms with van der Waals surface area (Å²) in [6.45, 7) is 1.25. The molecule has 1 unspecified atom stereocenters. The Labute approximate surface area is 160 Å². The van der Waals surface area contributed by atoms with Gasteiger partial charge in [-0.15, -0.1) is 0 Å². The summed E-state index contributed by atoms with van der Waals surface area (Å²) in [5, 5.41) is 0.619. The number of rotatable bonds is 2. The number of aromatic nitrogens is 1. The first-order valence-corrected chi connectivity index (χ1v) is 9.14. The number of Topliss-reactive ketones (excluding diaryl/α,β-unsaturated/α-hetero) is 1. The van der Waals surface area contributed by atoms with Gasteiger partial charge in [-0.25, -0.2) is 0 Å². The molecular weight excluding hydrogens is 368 g/mol. The Balaban J connectivity index is 1.43. The quantitative estimate of drug-likeness (QED) is 0.662. The van der Waals surface area contributed by atoms with Crippen molar-refractivity contribution >= 4 is 34.5 Å². The van der Waals surface area contributed by atoms with Crippen LogP contribution in [0.1, 0.15) is 23.2 Å². The van der Waals surface area contributed by atoms with Crippen LogP contribution in [-0.2, 0) is 0 Å². The van der Waals surface area contributed by atoms with Crippen molar-refractivity contribution in [1.82, 2.24) is 4.98 Å². The molecule has 2 aliphatic rings. The number of nitrogens with zero attached hydrogens (tertiary/aromatic N) is 2. The van der Waals surface area contributed by atoms with E-state index in [9.17, 15) is 4.79 Å². The van der Waals surface area contributed by atoms with Crippen LogP contribution in [0.25, 0.3) is 11.1 Å². The van der Waals surface area contributed by atoms with E-state index < -0.39 is 5.60 Å². The van der Waals surface area contributed by atoms with Crippen molar-refractivity contribution in [2.24, 2.45) is 0 Å². The van der Waals surface area contributed by atoms with Crippen molar-refractivity contribution in [2.75, 3.05) is 25.1 Å². The molecule has 1 fully saturated rings. The number of halogens is 1. The third kappa shape index (κ3) is 2.72. The molecule has 1 aromatic heterocycles. The maximum absolute atomic E-state index is 12.7. The smallest absolute Gasteiger partial charge is 0.298 e. The number of fused-ring (bicyclic) bond motifs is 2. The van der Waals surface area contributed by atoms with E-state index in [1.54, 1.807) is 31.4 Å². The van der Waals surface area contributed by atoms with Crippen molar-refractivity contribution in [3.8, 4) is 11.5 Å². The van der Waals surface area contributed by atoms with E-state index in [0.29, 0.717) is 53.2 Å². The number of anilines is 1. The number of carbonyl (C=O) groups is 1. The third-order valence-electron chi connectivity index (χ3n) is 5.22. The van der Waals surface area contributed by atoms with Gasteiger partial charge >= 0.3 is 0 Å². The Hall–Kier alpha value is -2.73. The topological polar surface area (TPSA) is 64.8 Å². The van der Waals surface area contributed by atoms with Crippen LogP contribution in [-0.4, -0.2) is 36.6 Å². The van der Waals surface area contributed by atoms with E-state index in [1.165, 1.54) is 0 Å². The summed E-state index contributed by atoms with van der Waals surface area (Å²) >= 11 is 6.03. The lowest BCUT2D eigenvalue weighted by Crippen LogP contribution is -2.44. The second-order valence-electron chi connectivity index (χ2n) is 7.03. The van der Waals surface area contributed by atoms with Gasteiger partial charge < -0.3 is 18.8 Å². The van der Waals surface area contributed by atoms with Gasteiger partial charge in [0.25, 0.3) is 6.01 Å². The van der Waals surface area contributed by atoms with Crippen molar-refractivity contribution in [3.05, 3.63) is 47.0 Å². The molecule has 1 saturated heterocycles. The Kier molecular flexibility index (Phi) is 3.59. The number of carbonyl (C=O) groups excluding carboxylic acids is 1. The molecule has 0 radical (unpaired) electrons. The van der Waals surface area contributed by atoms with E-state index in [1.807, 2.05) is 17.0 Å². The fourth-order valence-corrected chi connectivity index (χ4v) is 4.03. The average molecular weight is 385 g/mol. The fraction of sp³-hybridized carbons (Fsp3) is 0.300. The molecule has 3 heterocycles. The molecule has 5 rings (SSSR count). The van der Waals surface area contributed by atoms with E-state index >= 15 is 0 Å². The first-order chi connectivity index (χ1) is 13.0. The second-order valence-corrected chi connectivity index (χ2v) is 7.46. The molecule has 27 heavy (non-hydrogen) atoms. The van der Waals surface area contributed by atoms with Gasteiger partial charge in [-0.05, 0) is 36.4 Å². The summed E-state index contributed by atoms with van der Waals surface area (Å²) in [5.74, 6) is 1.33. The van der Waals surface area contributed by atoms with Crippen LogP contribution in [0, 0.1) is 0 Å². The molecule has 1 spiro atoms. The highest BCUT2D eigenvalue weighted by Gasteiger charge is 2.47. The molecule has 2 aromatic carbocycles. The molecule has 3 aromatic rings. The Bertz CT molecular complexity index is 1060. The lowest BCUT2D eigenvalue weighted by molar-refractivity contribution is 0.0536. The summed E-state index contributed by atoms with van der Waals surface area (Å²) < 4.78 is 17.4. The Morgan fingerprint density at radius 3 is 3.00 bits per heavy atom. The summed E-state index contributed by atoms with van der Waals surface area (Å²) in [5.41, 5.74) is 1.43. The second kappa shape index (κ2) is 5.89. The van der Waals surface area contributed by atoms with Gasteiger partial charge in [0.1, 0.15) is 22.6 Å². The van der Waals surface area contributed by atoms with E-state index in [2.05, 4.69) is 4.98 Å². The first-order valence-electron chi connectivity index (χ1n) is 8.77. The fourth-order valence-electron chi connectivity index (χ4n) is 3.86. The largest absolute Gasteiger partial charge is 0.497 e. The van der Waals surface area contributed by atoms with Gasteiger partial charge in [-0.1, -0.05) is 11.6 Å². The number of benzene rings is 2. The van der Waals surface area contributed by atoms with Gasteiger partial charge in [0.15, 0.2) is 11.4 Å². The predicted octanol–water partition coefficient (Wildman–Crippen LogP) is 4.10. The number of ketones is 1. The van der Waals surface area contributed by atoms with Crippen LogP contribution in [0.4, 0.5) is 6.01 Å². The van der Waals surface area contributed by atoms with Crippen molar-refractivity contribution in [2.45, 2.75) is 18.4 Å². The highest BCUT2D eigenvalue weighted by Crippen LogP contribution is 2.41. The summed E-state index contributed by atoms with van der Waals surface area (Å²) in [6, 6.07) is 11.2. The summed E-state index contributed by atoms with van der Waals surface area (Å²) in [7, 11) is 1.58. The normalized spacial score (nSPS) is 21.6. The van der Waals surface area contributed by atoms with Crippen molar-refractivity contribution in [1.29, 1.82) is 0 Å². The minimum absolute atomic E-state index is 0.0707. The van der Waals surface area contributed by atoms with E-state index in [-0.39, 0.29) is 5.78 Å². The maximum atomic E-state index is 12.7. The minimum atomic E-state index is -0.559. The standard InChI is InChI=1S/C20H17ClN2O4/c1-25-13-3-5-17-14(9-13)16(24)10-20(27-17)6-7-23(11-20)19-22-15-8-12(21)2-4-18(15)26-19/h2-5,8-9H,6-7,10-11H2,1H3. The highest BCUT2D eigenvalue weighted by atomic mass is 35.5. The lowest BCUT2D eigenvalue weighted by Gasteiger charge is -2.34. The molecule has 2 aliphatic heterocycles. The molecule has 6 nitrogen and oxygen atoms in total. The summed E-state index contributed by atoms with van der Waals surface area (Å²) in [6.07, 6.45) is 1.05. The first kappa shape index (κ1) is 16.4. The SMILES string of the molecule is COc1ccc2c(c1)C(=O)CC1(CCN(c3nc4cc(Cl)ccc4o3)C1)O2. The minimum Gasteiger partial charge on any atom is -0.497 e. The number of ether oxygens (including phenoxy) is 2. The van der Waals surface area contributed by atoms with Crippen LogP contribution in [0.15, 0.2) is 40.8 Å². The Morgan fingerprint density at radius 1 is 1.26 bits per heavy atom. The van der Waals surface area contributed by atoms with Gasteiger partial charge in [0.2, 0.25) is 0 Å². The zero-order valence-electron chi connectivity index (χ0n) is 14.7. The molecule has 1 atom stereocenters. The molecule has 0 bridgehead atoms. The molecule has 7 heteroatoms. The molecule has 138 valence electrons. The highest BCUT2D eigenvalue weighted by molar-refractivity contribution is 6.31. The van der Waals surface area contributed by atoms with Crippen LogP contribution in [0.5, 0.6) is 11.5 Å². The monoisotopic (exact) mass is 384 g/mol. The van der Waals surface area contributed by atoms with Gasteiger partial charge in [0.05, 0.1) is 25.6 Å². The third-order valence-corrected chi connectivity index (χ3v) is 5.46. The van der Waals surface area contributed by atoms with Crippen molar-refractivity contribution in [3.63, 3.8) is 0 Å². The molecule has 0 amide bonds. The Morgan fingerprint density at radius 2 is 2.15 bits per heavy atom. The van der Waals surface area contributed by atoms with Gasteiger partial charge in [-0.2, -0.15) is 4.98 Å². The van der Waals surface area contributed by atoms with Crippen LogP contribution in [0.2, 0.25) is 5.02 Å². The lowest BCUT2D eigenvalue weighted by atomic mass is 9.89. The maximum Gasteiger partial charge on any atom is 0.298 e. The molecule has 0 aliphatic carbocycles. The van der Waals surface area contributed by atoms with Crippen molar-refractivity contribution < 1.29 is 18.7 Å². The molecular formula is C20H17ClN2O4. The number of hydrogen-bond acceptors (Lipinski definition) is 6. The predicted molar refractivity (Wildman–Crippen MR) is 101 cm³/mol. The van der Waals surface area contributed by atoms with E-state index in [0.717, 1.165) is 11.9 Å². The van der Waals surface area contributed by atoms with Crippen LogP contribution < -0.4 is 14.4 Å². The molecule has 0 saturated carbocycles. The number of hydrogen-bond donors (Lipinski definition) is 0. The zero-order chi connectivity index (χ0) is 18.6. The number of oxazole rings is 1. The van der Waals surface area contributed by atoms with Gasteiger partial charge in [-0.3, -0.25) is 4.79 Å². The zero-order valence-corrected chi connectivity index (χ0v) is 15.5. The summed E-state index contributed by atoms with van der Waals surface area (Å²) in [4.78, 5) is 19.3.